The molecule has 0 heterocycles. The molecule has 0 bridgehead atoms. The van der Waals surface area contributed by atoms with Crippen LogP contribution in [-0.2, 0) is 4.79 Å². The van der Waals surface area contributed by atoms with Crippen molar-refractivity contribution in [2.75, 3.05) is 0 Å². The molecule has 6 nitrogen and oxygen atoms in total. The van der Waals surface area contributed by atoms with Crippen LogP contribution in [0, 0.1) is 10.1 Å². The Bertz CT molecular complexity index is 227. The number of hydrogen-bond acceptors (Lipinski definition) is 4. The maximum atomic E-state index is 10.5. The largest absolute Gasteiger partial charge is 0.480 e. The Kier molecular flexibility index (Phi) is 4.49. The standard InChI is InChI=1S/C8H16N2O4/c1-8(2,10(13)14)5-3-4-6(9)7(11)12/h6H,3-5,9H2,1-2H3,(H,11,12). The molecule has 0 aromatic carbocycles. The van der Waals surface area contributed by atoms with Crippen molar-refractivity contribution >= 4 is 5.97 Å². The second-order valence-electron chi connectivity index (χ2n) is 3.91. The van der Waals surface area contributed by atoms with Crippen LogP contribution in [-0.4, -0.2) is 27.6 Å². The number of aliphatic carboxylic acids is 1. The van der Waals surface area contributed by atoms with Crippen LogP contribution < -0.4 is 5.73 Å². The summed E-state index contributed by atoms with van der Waals surface area (Å²) in [5.74, 6) is -1.07. The van der Waals surface area contributed by atoms with Gasteiger partial charge in [-0.2, -0.15) is 0 Å². The summed E-state index contributed by atoms with van der Waals surface area (Å²) in [4.78, 5) is 20.5. The molecule has 0 aliphatic rings. The molecular formula is C8H16N2O4. The first-order chi connectivity index (χ1) is 6.27. The zero-order valence-corrected chi connectivity index (χ0v) is 8.40. The molecule has 0 spiro atoms. The van der Waals surface area contributed by atoms with E-state index in [1.807, 2.05) is 0 Å². The van der Waals surface area contributed by atoms with Gasteiger partial charge in [0.25, 0.3) is 0 Å². The molecule has 14 heavy (non-hydrogen) atoms. The molecule has 6 heteroatoms. The van der Waals surface area contributed by atoms with Crippen molar-refractivity contribution in [3.63, 3.8) is 0 Å². The van der Waals surface area contributed by atoms with Crippen LogP contribution in [0.2, 0.25) is 0 Å². The lowest BCUT2D eigenvalue weighted by Crippen LogP contribution is -2.33. The Morgan fingerprint density at radius 3 is 2.50 bits per heavy atom. The van der Waals surface area contributed by atoms with Crippen LogP contribution >= 0.6 is 0 Å². The van der Waals surface area contributed by atoms with Gasteiger partial charge in [-0.3, -0.25) is 14.9 Å². The van der Waals surface area contributed by atoms with E-state index in [0.717, 1.165) is 0 Å². The van der Waals surface area contributed by atoms with E-state index < -0.39 is 17.6 Å². The maximum absolute atomic E-state index is 10.5. The van der Waals surface area contributed by atoms with E-state index in [-0.39, 0.29) is 11.3 Å². The molecule has 0 radical (unpaired) electrons. The first kappa shape index (κ1) is 12.8. The highest BCUT2D eigenvalue weighted by Crippen LogP contribution is 2.17. The summed E-state index contributed by atoms with van der Waals surface area (Å²) in [5, 5.41) is 19.0. The van der Waals surface area contributed by atoms with Crippen molar-refractivity contribution in [2.24, 2.45) is 5.73 Å². The average Bonchev–Trinajstić information content (AvgIpc) is 2.03. The predicted molar refractivity (Wildman–Crippen MR) is 50.5 cm³/mol. The first-order valence-corrected chi connectivity index (χ1v) is 4.40. The highest BCUT2D eigenvalue weighted by molar-refractivity contribution is 5.72. The lowest BCUT2D eigenvalue weighted by molar-refractivity contribution is -0.561. The summed E-state index contributed by atoms with van der Waals surface area (Å²) >= 11 is 0. The van der Waals surface area contributed by atoms with Crippen molar-refractivity contribution in [2.45, 2.75) is 44.7 Å². The zero-order chi connectivity index (χ0) is 11.4. The second-order valence-corrected chi connectivity index (χ2v) is 3.91. The van der Waals surface area contributed by atoms with Crippen molar-refractivity contribution in [3.05, 3.63) is 10.1 Å². The van der Waals surface area contributed by atoms with Gasteiger partial charge in [0.1, 0.15) is 6.04 Å². The molecule has 0 rings (SSSR count). The quantitative estimate of drug-likeness (QED) is 0.487. The molecule has 0 amide bonds. The third-order valence-electron chi connectivity index (χ3n) is 2.12. The van der Waals surface area contributed by atoms with E-state index in [4.69, 9.17) is 10.8 Å². The monoisotopic (exact) mass is 204 g/mol. The molecule has 0 fully saturated rings. The summed E-state index contributed by atoms with van der Waals surface area (Å²) in [5.41, 5.74) is 4.25. The number of nitro groups is 1. The highest BCUT2D eigenvalue weighted by atomic mass is 16.6. The minimum atomic E-state index is -1.07. The van der Waals surface area contributed by atoms with Gasteiger partial charge in [0.2, 0.25) is 5.54 Å². The third kappa shape index (κ3) is 4.18. The Morgan fingerprint density at radius 1 is 1.64 bits per heavy atom. The van der Waals surface area contributed by atoms with Crippen molar-refractivity contribution < 1.29 is 14.8 Å². The van der Waals surface area contributed by atoms with Gasteiger partial charge in [0, 0.05) is 25.2 Å². The topological polar surface area (TPSA) is 106 Å². The fourth-order valence-electron chi connectivity index (χ4n) is 0.969. The number of rotatable bonds is 6. The normalized spacial score (nSPS) is 13.6. The minimum absolute atomic E-state index is 0.270. The Labute approximate surface area is 82.2 Å². The summed E-state index contributed by atoms with van der Waals surface area (Å²) in [6.07, 6.45) is 1.05. The van der Waals surface area contributed by atoms with E-state index in [2.05, 4.69) is 0 Å². The van der Waals surface area contributed by atoms with Crippen LogP contribution in [0.1, 0.15) is 33.1 Å². The lowest BCUT2D eigenvalue weighted by atomic mass is 9.97. The summed E-state index contributed by atoms with van der Waals surface area (Å²) < 4.78 is 0. The number of hydrogen-bond donors (Lipinski definition) is 2. The lowest BCUT2D eigenvalue weighted by Gasteiger charge is -2.15. The number of nitrogens with zero attached hydrogens (tertiary/aromatic N) is 1. The molecule has 0 aromatic rings. The SMILES string of the molecule is CC(C)(CCCC(N)C(=O)O)[N+](=O)[O-]. The molecule has 1 unspecified atom stereocenters. The van der Waals surface area contributed by atoms with Gasteiger partial charge in [-0.15, -0.1) is 0 Å². The molecular weight excluding hydrogens is 188 g/mol. The van der Waals surface area contributed by atoms with Crippen molar-refractivity contribution in [3.8, 4) is 0 Å². The fourth-order valence-corrected chi connectivity index (χ4v) is 0.969. The Balaban J connectivity index is 3.85. The van der Waals surface area contributed by atoms with Gasteiger partial charge < -0.3 is 10.8 Å². The first-order valence-electron chi connectivity index (χ1n) is 4.40. The average molecular weight is 204 g/mol. The minimum Gasteiger partial charge on any atom is -0.480 e. The van der Waals surface area contributed by atoms with Crippen LogP contribution in [0.15, 0.2) is 0 Å². The zero-order valence-electron chi connectivity index (χ0n) is 8.40. The van der Waals surface area contributed by atoms with Gasteiger partial charge in [-0.1, -0.05) is 0 Å². The number of carboxylic acid groups (broad SMARTS) is 1. The fraction of sp³-hybridized carbons (Fsp3) is 0.875. The highest BCUT2D eigenvalue weighted by Gasteiger charge is 2.30. The number of carboxylic acids is 1. The molecule has 3 N–H and O–H groups in total. The molecule has 1 atom stereocenters. The van der Waals surface area contributed by atoms with Crippen molar-refractivity contribution in [1.29, 1.82) is 0 Å². The van der Waals surface area contributed by atoms with E-state index in [1.165, 1.54) is 13.8 Å². The Morgan fingerprint density at radius 2 is 2.14 bits per heavy atom. The van der Waals surface area contributed by atoms with Gasteiger partial charge in [0.15, 0.2) is 0 Å². The van der Waals surface area contributed by atoms with Gasteiger partial charge >= 0.3 is 5.97 Å². The summed E-state index contributed by atoms with van der Waals surface area (Å²) in [7, 11) is 0. The smallest absolute Gasteiger partial charge is 0.320 e. The number of carbonyl (C=O) groups is 1. The van der Waals surface area contributed by atoms with Gasteiger partial charge in [-0.05, 0) is 12.8 Å². The van der Waals surface area contributed by atoms with E-state index >= 15 is 0 Å². The molecule has 82 valence electrons. The third-order valence-corrected chi connectivity index (χ3v) is 2.12. The van der Waals surface area contributed by atoms with Crippen molar-refractivity contribution in [1.82, 2.24) is 0 Å². The number of nitrogens with two attached hydrogens (primary N) is 1. The molecule has 0 saturated carbocycles. The van der Waals surface area contributed by atoms with Crippen LogP contribution in [0.25, 0.3) is 0 Å². The second kappa shape index (κ2) is 4.90. The predicted octanol–water partition coefficient (Wildman–Crippen LogP) is 0.624. The summed E-state index contributed by atoms with van der Waals surface area (Å²) in [6, 6.07) is -0.919. The maximum Gasteiger partial charge on any atom is 0.320 e. The molecule has 0 aliphatic heterocycles. The molecule has 0 aliphatic carbocycles. The van der Waals surface area contributed by atoms with Crippen LogP contribution in [0.4, 0.5) is 0 Å². The Hall–Kier alpha value is -1.17. The van der Waals surface area contributed by atoms with Gasteiger partial charge in [-0.25, -0.2) is 0 Å². The van der Waals surface area contributed by atoms with Crippen LogP contribution in [0.5, 0.6) is 0 Å². The molecule has 0 aromatic heterocycles. The van der Waals surface area contributed by atoms with Gasteiger partial charge in [0.05, 0.1) is 0 Å². The molecule has 0 saturated heterocycles. The summed E-state index contributed by atoms with van der Waals surface area (Å²) in [6.45, 7) is 3.03. The van der Waals surface area contributed by atoms with E-state index in [9.17, 15) is 14.9 Å². The van der Waals surface area contributed by atoms with Crippen LogP contribution in [0.3, 0.4) is 0 Å². The van der Waals surface area contributed by atoms with E-state index in [0.29, 0.717) is 12.8 Å². The van der Waals surface area contributed by atoms with E-state index in [1.54, 1.807) is 0 Å².